The number of aliphatic hydroxyl groups is 1. The minimum Gasteiger partial charge on any atom is -0.392 e. The quantitative estimate of drug-likeness (QED) is 0.825. The van der Waals surface area contributed by atoms with Crippen LogP contribution in [-0.2, 0) is 6.61 Å². The summed E-state index contributed by atoms with van der Waals surface area (Å²) >= 11 is 0. The van der Waals surface area contributed by atoms with E-state index >= 15 is 0 Å². The van der Waals surface area contributed by atoms with Gasteiger partial charge in [0.2, 0.25) is 0 Å². The first-order valence-corrected chi connectivity index (χ1v) is 5.34. The Balaban J connectivity index is 2.32. The van der Waals surface area contributed by atoms with Crippen LogP contribution in [0.25, 0.3) is 0 Å². The van der Waals surface area contributed by atoms with Crippen LogP contribution in [0.1, 0.15) is 27.0 Å². The summed E-state index contributed by atoms with van der Waals surface area (Å²) in [6, 6.07) is 10.1. The fourth-order valence-electron chi connectivity index (χ4n) is 1.55. The van der Waals surface area contributed by atoms with E-state index in [1.165, 1.54) is 18.5 Å². The fraction of sp³-hybridized carbons (Fsp3) is 0.0714. The van der Waals surface area contributed by atoms with Crippen molar-refractivity contribution in [3.8, 4) is 6.07 Å². The van der Waals surface area contributed by atoms with Gasteiger partial charge < -0.3 is 5.11 Å². The Morgan fingerprint density at radius 3 is 2.56 bits per heavy atom. The van der Waals surface area contributed by atoms with Crippen molar-refractivity contribution in [1.29, 1.82) is 5.26 Å². The van der Waals surface area contributed by atoms with Crippen LogP contribution < -0.4 is 0 Å². The second kappa shape index (κ2) is 5.21. The third-order valence-corrected chi connectivity index (χ3v) is 2.53. The van der Waals surface area contributed by atoms with Crippen molar-refractivity contribution in [2.45, 2.75) is 6.61 Å². The minimum atomic E-state index is -0.191. The van der Waals surface area contributed by atoms with Gasteiger partial charge in [0.1, 0.15) is 6.07 Å². The van der Waals surface area contributed by atoms with Crippen LogP contribution in [0, 0.1) is 11.3 Å². The summed E-state index contributed by atoms with van der Waals surface area (Å²) in [6.45, 7) is -0.0556. The van der Waals surface area contributed by atoms with Crippen molar-refractivity contribution < 1.29 is 9.90 Å². The van der Waals surface area contributed by atoms with E-state index in [9.17, 15) is 4.79 Å². The van der Waals surface area contributed by atoms with Gasteiger partial charge in [0.15, 0.2) is 5.78 Å². The standard InChI is InChI=1S/C14H10N2O2/c15-6-11-5-13(8-16-7-11)14(18)12-3-1-10(9-17)2-4-12/h1-5,7-8,17H,9H2. The highest BCUT2D eigenvalue weighted by Crippen LogP contribution is 2.11. The van der Waals surface area contributed by atoms with Crippen molar-refractivity contribution in [3.63, 3.8) is 0 Å². The lowest BCUT2D eigenvalue weighted by molar-refractivity contribution is 0.103. The third-order valence-electron chi connectivity index (χ3n) is 2.53. The van der Waals surface area contributed by atoms with E-state index in [0.29, 0.717) is 16.7 Å². The van der Waals surface area contributed by atoms with Crippen LogP contribution in [0.5, 0.6) is 0 Å². The molecule has 2 aromatic rings. The maximum absolute atomic E-state index is 12.1. The molecule has 2 rings (SSSR count). The van der Waals surface area contributed by atoms with Crippen LogP contribution in [0.15, 0.2) is 42.7 Å². The van der Waals surface area contributed by atoms with E-state index in [0.717, 1.165) is 5.56 Å². The summed E-state index contributed by atoms with van der Waals surface area (Å²) < 4.78 is 0. The molecule has 0 aliphatic heterocycles. The molecule has 0 atom stereocenters. The lowest BCUT2D eigenvalue weighted by atomic mass is 10.0. The van der Waals surface area contributed by atoms with E-state index in [-0.39, 0.29) is 12.4 Å². The van der Waals surface area contributed by atoms with E-state index in [2.05, 4.69) is 4.98 Å². The summed E-state index contributed by atoms with van der Waals surface area (Å²) in [4.78, 5) is 16.0. The molecule has 0 fully saturated rings. The molecule has 0 amide bonds. The van der Waals surface area contributed by atoms with Gasteiger partial charge in [-0.1, -0.05) is 24.3 Å². The molecule has 88 valence electrons. The number of nitrogens with zero attached hydrogens (tertiary/aromatic N) is 2. The van der Waals surface area contributed by atoms with Gasteiger partial charge in [0, 0.05) is 23.5 Å². The highest BCUT2D eigenvalue weighted by Gasteiger charge is 2.09. The molecule has 18 heavy (non-hydrogen) atoms. The number of carbonyl (C=O) groups excluding carboxylic acids is 1. The van der Waals surface area contributed by atoms with Crippen molar-refractivity contribution in [2.75, 3.05) is 0 Å². The van der Waals surface area contributed by atoms with Crippen molar-refractivity contribution in [1.82, 2.24) is 4.98 Å². The topological polar surface area (TPSA) is 74.0 Å². The number of aromatic nitrogens is 1. The van der Waals surface area contributed by atoms with Crippen LogP contribution in [0.4, 0.5) is 0 Å². The first-order chi connectivity index (χ1) is 8.74. The molecule has 0 bridgehead atoms. The van der Waals surface area contributed by atoms with Crippen molar-refractivity contribution >= 4 is 5.78 Å². The maximum atomic E-state index is 12.1. The first kappa shape index (κ1) is 12.0. The molecular formula is C14H10N2O2. The minimum absolute atomic E-state index is 0.0556. The zero-order valence-electron chi connectivity index (χ0n) is 9.50. The number of rotatable bonds is 3. The van der Waals surface area contributed by atoms with Gasteiger partial charge in [-0.3, -0.25) is 9.78 Å². The summed E-state index contributed by atoms with van der Waals surface area (Å²) in [5.41, 5.74) is 1.98. The van der Waals surface area contributed by atoms with E-state index < -0.39 is 0 Å². The number of pyridine rings is 1. The number of carbonyl (C=O) groups is 1. The average Bonchev–Trinajstić information content (AvgIpc) is 2.46. The monoisotopic (exact) mass is 238 g/mol. The maximum Gasteiger partial charge on any atom is 0.194 e. The number of nitriles is 1. The van der Waals surface area contributed by atoms with Gasteiger partial charge in [-0.25, -0.2) is 0 Å². The summed E-state index contributed by atoms with van der Waals surface area (Å²) in [5.74, 6) is -0.191. The summed E-state index contributed by atoms with van der Waals surface area (Å²) in [7, 11) is 0. The van der Waals surface area contributed by atoms with Gasteiger partial charge in [-0.05, 0) is 11.6 Å². The van der Waals surface area contributed by atoms with Crippen LogP contribution in [-0.4, -0.2) is 15.9 Å². The Morgan fingerprint density at radius 1 is 1.22 bits per heavy atom. The Hall–Kier alpha value is -2.51. The Bertz CT molecular complexity index is 612. The zero-order valence-corrected chi connectivity index (χ0v) is 9.50. The smallest absolute Gasteiger partial charge is 0.194 e. The van der Waals surface area contributed by atoms with Crippen molar-refractivity contribution in [2.24, 2.45) is 0 Å². The average molecular weight is 238 g/mol. The number of ketones is 1. The number of aliphatic hydroxyl groups excluding tert-OH is 1. The largest absolute Gasteiger partial charge is 0.392 e. The second-order valence-electron chi connectivity index (χ2n) is 3.76. The zero-order chi connectivity index (χ0) is 13.0. The Morgan fingerprint density at radius 2 is 1.94 bits per heavy atom. The highest BCUT2D eigenvalue weighted by atomic mass is 16.3. The molecule has 1 aromatic carbocycles. The molecule has 0 saturated carbocycles. The normalized spacial score (nSPS) is 9.78. The van der Waals surface area contributed by atoms with Crippen molar-refractivity contribution in [3.05, 3.63) is 65.0 Å². The number of hydrogen-bond acceptors (Lipinski definition) is 4. The predicted molar refractivity (Wildman–Crippen MR) is 64.7 cm³/mol. The third kappa shape index (κ3) is 2.42. The van der Waals surface area contributed by atoms with Gasteiger partial charge in [0.25, 0.3) is 0 Å². The summed E-state index contributed by atoms with van der Waals surface area (Å²) in [6.07, 6.45) is 2.84. The highest BCUT2D eigenvalue weighted by molar-refractivity contribution is 6.08. The molecule has 0 spiro atoms. The van der Waals surface area contributed by atoms with Gasteiger partial charge in [0.05, 0.1) is 12.2 Å². The Kier molecular flexibility index (Phi) is 3.46. The second-order valence-corrected chi connectivity index (χ2v) is 3.76. The van der Waals surface area contributed by atoms with Crippen LogP contribution in [0.2, 0.25) is 0 Å². The van der Waals surface area contributed by atoms with Gasteiger partial charge in [-0.15, -0.1) is 0 Å². The molecule has 0 saturated heterocycles. The first-order valence-electron chi connectivity index (χ1n) is 5.34. The SMILES string of the molecule is N#Cc1cncc(C(=O)c2ccc(CO)cc2)c1. The lowest BCUT2D eigenvalue weighted by Crippen LogP contribution is -2.02. The Labute approximate surface area is 104 Å². The molecular weight excluding hydrogens is 228 g/mol. The van der Waals surface area contributed by atoms with Gasteiger partial charge in [-0.2, -0.15) is 5.26 Å². The molecule has 0 radical (unpaired) electrons. The van der Waals surface area contributed by atoms with Crippen LogP contribution >= 0.6 is 0 Å². The number of hydrogen-bond donors (Lipinski definition) is 1. The fourth-order valence-corrected chi connectivity index (χ4v) is 1.55. The van der Waals surface area contributed by atoms with Gasteiger partial charge >= 0.3 is 0 Å². The molecule has 4 heteroatoms. The van der Waals surface area contributed by atoms with E-state index in [4.69, 9.17) is 10.4 Å². The molecule has 1 N–H and O–H groups in total. The molecule has 4 nitrogen and oxygen atoms in total. The lowest BCUT2D eigenvalue weighted by Gasteiger charge is -2.02. The van der Waals surface area contributed by atoms with E-state index in [1.807, 2.05) is 6.07 Å². The molecule has 1 aromatic heterocycles. The van der Waals surface area contributed by atoms with Crippen LogP contribution in [0.3, 0.4) is 0 Å². The molecule has 0 unspecified atom stereocenters. The molecule has 0 aliphatic rings. The summed E-state index contributed by atoms with van der Waals surface area (Å²) in [5, 5.41) is 17.7. The predicted octanol–water partition coefficient (Wildman–Crippen LogP) is 1.68. The molecule has 1 heterocycles. The molecule has 0 aliphatic carbocycles. The number of benzene rings is 1. The van der Waals surface area contributed by atoms with E-state index in [1.54, 1.807) is 24.3 Å².